The Morgan fingerprint density at radius 3 is 2.60 bits per heavy atom. The number of esters is 1. The molecule has 1 rings (SSSR count). The second kappa shape index (κ2) is 5.23. The van der Waals surface area contributed by atoms with Gasteiger partial charge in [-0.25, -0.2) is 4.79 Å². The molecule has 0 amide bonds. The molecule has 5 heteroatoms. The summed E-state index contributed by atoms with van der Waals surface area (Å²) in [7, 11) is 0. The molecule has 2 nitrogen and oxygen atoms in total. The lowest BCUT2D eigenvalue weighted by molar-refractivity contribution is -0.181. The van der Waals surface area contributed by atoms with Crippen molar-refractivity contribution < 1.29 is 18.3 Å². The molecule has 0 N–H and O–H groups in total. The first-order valence-electron chi connectivity index (χ1n) is 5.19. The van der Waals surface area contributed by atoms with Gasteiger partial charge in [-0.05, 0) is 19.8 Å². The molecule has 0 saturated heterocycles. The fourth-order valence-corrected chi connectivity index (χ4v) is 2.79. The van der Waals surface area contributed by atoms with Crippen molar-refractivity contribution in [2.24, 2.45) is 5.92 Å². The minimum atomic E-state index is -3.36. The van der Waals surface area contributed by atoms with E-state index in [0.717, 1.165) is 12.8 Å². The molecule has 0 spiro atoms. The zero-order valence-electron chi connectivity index (χ0n) is 8.64. The van der Waals surface area contributed by atoms with Crippen LogP contribution in [0.5, 0.6) is 0 Å². The topological polar surface area (TPSA) is 26.3 Å². The van der Waals surface area contributed by atoms with Crippen molar-refractivity contribution in [1.82, 2.24) is 0 Å². The summed E-state index contributed by atoms with van der Waals surface area (Å²) in [4.78, 5) is 10.8. The van der Waals surface area contributed by atoms with Crippen molar-refractivity contribution in [3.05, 3.63) is 0 Å². The molecule has 2 atom stereocenters. The number of halogens is 3. The van der Waals surface area contributed by atoms with E-state index in [1.165, 1.54) is 6.92 Å². The summed E-state index contributed by atoms with van der Waals surface area (Å²) in [5.41, 5.74) is 0. The van der Waals surface area contributed by atoms with Gasteiger partial charge in [-0.15, -0.1) is 0 Å². The molecule has 0 bridgehead atoms. The van der Waals surface area contributed by atoms with E-state index < -0.39 is 17.8 Å². The lowest BCUT2D eigenvalue weighted by atomic mass is 9.84. The van der Waals surface area contributed by atoms with Gasteiger partial charge >= 0.3 is 11.9 Å². The number of hydrogen-bond acceptors (Lipinski definition) is 2. The molecule has 1 saturated carbocycles. The van der Waals surface area contributed by atoms with Crippen LogP contribution in [0.2, 0.25) is 0 Å². The minimum absolute atomic E-state index is 0.00586. The number of hydrogen-bond donors (Lipinski definition) is 0. The van der Waals surface area contributed by atoms with E-state index in [1.807, 2.05) is 0 Å². The number of rotatable bonds is 3. The van der Waals surface area contributed by atoms with Gasteiger partial charge in [-0.3, -0.25) is 0 Å². The quantitative estimate of drug-likeness (QED) is 0.588. The third-order valence-electron chi connectivity index (χ3n) is 2.69. The lowest BCUT2D eigenvalue weighted by Crippen LogP contribution is -2.44. The van der Waals surface area contributed by atoms with Gasteiger partial charge in [0.1, 0.15) is 0 Å². The number of carbonyl (C=O) groups is 1. The Morgan fingerprint density at radius 2 is 2.07 bits per heavy atom. The Morgan fingerprint density at radius 1 is 1.47 bits per heavy atom. The van der Waals surface area contributed by atoms with E-state index in [0.29, 0.717) is 12.8 Å². The summed E-state index contributed by atoms with van der Waals surface area (Å²) in [6, 6.07) is 0. The highest BCUT2D eigenvalue weighted by Gasteiger charge is 2.51. The van der Waals surface area contributed by atoms with Crippen molar-refractivity contribution in [3.63, 3.8) is 0 Å². The maximum Gasteiger partial charge on any atom is 0.377 e. The predicted octanol–water partition coefficient (Wildman–Crippen LogP) is 3.14. The van der Waals surface area contributed by atoms with Crippen LogP contribution in [-0.4, -0.2) is 23.3 Å². The average molecular weight is 285 g/mol. The highest BCUT2D eigenvalue weighted by atomic mass is 79.9. The second-order valence-electron chi connectivity index (χ2n) is 3.75. The molecule has 0 radical (unpaired) electrons. The van der Waals surface area contributed by atoms with Crippen LogP contribution in [0.1, 0.15) is 32.6 Å². The van der Waals surface area contributed by atoms with Gasteiger partial charge in [0.2, 0.25) is 0 Å². The Kier molecular flexibility index (Phi) is 4.49. The summed E-state index contributed by atoms with van der Waals surface area (Å²) in [6.07, 6.45) is 2.76. The molecule has 0 aromatic heterocycles. The molecule has 2 unspecified atom stereocenters. The van der Waals surface area contributed by atoms with Crippen molar-refractivity contribution >= 4 is 21.9 Å². The zero-order valence-corrected chi connectivity index (χ0v) is 10.2. The van der Waals surface area contributed by atoms with Crippen LogP contribution in [0, 0.1) is 5.92 Å². The van der Waals surface area contributed by atoms with Crippen LogP contribution in [0.3, 0.4) is 0 Å². The van der Waals surface area contributed by atoms with Crippen molar-refractivity contribution in [3.8, 4) is 0 Å². The molecule has 1 fully saturated rings. The number of ether oxygens (including phenoxy) is 1. The van der Waals surface area contributed by atoms with Crippen LogP contribution in [-0.2, 0) is 9.53 Å². The lowest BCUT2D eigenvalue weighted by Gasteiger charge is -2.32. The molecule has 1 aliphatic carbocycles. The first-order chi connectivity index (χ1) is 7.00. The van der Waals surface area contributed by atoms with Crippen LogP contribution in [0.4, 0.5) is 8.78 Å². The normalized spacial score (nSPS) is 27.5. The van der Waals surface area contributed by atoms with Gasteiger partial charge in [-0.2, -0.15) is 8.78 Å². The SMILES string of the molecule is CCOC(=O)C(F)(F)C1CCCCC1Br. The summed E-state index contributed by atoms with van der Waals surface area (Å²) in [5.74, 6) is -5.67. The van der Waals surface area contributed by atoms with E-state index in [4.69, 9.17) is 0 Å². The molecule has 15 heavy (non-hydrogen) atoms. The third kappa shape index (κ3) is 2.89. The highest BCUT2D eigenvalue weighted by Crippen LogP contribution is 2.40. The summed E-state index contributed by atoms with van der Waals surface area (Å²) < 4.78 is 31.7. The van der Waals surface area contributed by atoms with Gasteiger partial charge in [-0.1, -0.05) is 28.8 Å². The van der Waals surface area contributed by atoms with E-state index in [-0.39, 0.29) is 11.4 Å². The van der Waals surface area contributed by atoms with Gasteiger partial charge < -0.3 is 4.74 Å². The van der Waals surface area contributed by atoms with Gasteiger partial charge in [0.05, 0.1) is 6.61 Å². The molecule has 0 aliphatic heterocycles. The second-order valence-corrected chi connectivity index (χ2v) is 4.93. The van der Waals surface area contributed by atoms with Crippen molar-refractivity contribution in [2.45, 2.75) is 43.4 Å². The van der Waals surface area contributed by atoms with Gasteiger partial charge in [0.15, 0.2) is 0 Å². The molecule has 1 aliphatic rings. The fourth-order valence-electron chi connectivity index (χ4n) is 1.87. The van der Waals surface area contributed by atoms with Crippen LogP contribution in [0.15, 0.2) is 0 Å². The maximum atomic E-state index is 13.6. The van der Waals surface area contributed by atoms with Crippen LogP contribution < -0.4 is 0 Å². The zero-order chi connectivity index (χ0) is 11.5. The van der Waals surface area contributed by atoms with Crippen LogP contribution >= 0.6 is 15.9 Å². The Labute approximate surface area is 96.5 Å². The molecular formula is C10H15BrF2O2. The molecular weight excluding hydrogens is 270 g/mol. The van der Waals surface area contributed by atoms with E-state index >= 15 is 0 Å². The Hall–Kier alpha value is -0.190. The van der Waals surface area contributed by atoms with Gasteiger partial charge in [0.25, 0.3) is 0 Å². The van der Waals surface area contributed by atoms with Crippen LogP contribution in [0.25, 0.3) is 0 Å². The highest BCUT2D eigenvalue weighted by molar-refractivity contribution is 9.09. The number of alkyl halides is 3. The van der Waals surface area contributed by atoms with E-state index in [2.05, 4.69) is 20.7 Å². The number of carbonyl (C=O) groups excluding carboxylic acids is 1. The summed E-state index contributed by atoms with van der Waals surface area (Å²) in [5, 5.41) is 0. The van der Waals surface area contributed by atoms with Crippen molar-refractivity contribution in [1.29, 1.82) is 0 Å². The standard InChI is InChI=1S/C10H15BrF2O2/c1-2-15-9(14)10(12,13)7-5-3-4-6-8(7)11/h7-8H,2-6H2,1H3. The van der Waals surface area contributed by atoms with Crippen molar-refractivity contribution in [2.75, 3.05) is 6.61 Å². The van der Waals surface area contributed by atoms with Gasteiger partial charge in [0, 0.05) is 10.7 Å². The summed E-state index contributed by atoms with van der Waals surface area (Å²) in [6.45, 7) is 1.52. The smallest absolute Gasteiger partial charge is 0.377 e. The third-order valence-corrected chi connectivity index (χ3v) is 3.79. The summed E-state index contributed by atoms with van der Waals surface area (Å²) >= 11 is 3.22. The maximum absolute atomic E-state index is 13.6. The first-order valence-corrected chi connectivity index (χ1v) is 6.10. The molecule has 0 aromatic rings. The Balaban J connectivity index is 2.69. The molecule has 0 aromatic carbocycles. The van der Waals surface area contributed by atoms with E-state index in [1.54, 1.807) is 0 Å². The monoisotopic (exact) mass is 284 g/mol. The minimum Gasteiger partial charge on any atom is -0.462 e. The molecule has 88 valence electrons. The average Bonchev–Trinajstić information content (AvgIpc) is 2.18. The fraction of sp³-hybridized carbons (Fsp3) is 0.900. The largest absolute Gasteiger partial charge is 0.462 e. The molecule has 0 heterocycles. The van der Waals surface area contributed by atoms with E-state index in [9.17, 15) is 13.6 Å². The Bertz CT molecular complexity index is 233. The first kappa shape index (κ1) is 12.9. The predicted molar refractivity (Wildman–Crippen MR) is 56.3 cm³/mol.